The number of urea groups is 1. The van der Waals surface area contributed by atoms with Gasteiger partial charge in [0.2, 0.25) is 0 Å². The molecule has 224 valence electrons. The molecule has 7 nitrogen and oxygen atoms in total. The zero-order valence-electron chi connectivity index (χ0n) is 21.8. The van der Waals surface area contributed by atoms with Crippen LogP contribution < -0.4 is 9.04 Å². The van der Waals surface area contributed by atoms with E-state index in [4.69, 9.17) is 11.6 Å². The summed E-state index contributed by atoms with van der Waals surface area (Å²) in [4.78, 5) is 25.8. The summed E-state index contributed by atoms with van der Waals surface area (Å²) in [5, 5.41) is 4.07. The summed E-state index contributed by atoms with van der Waals surface area (Å²) >= 11 is 7.90. The molecule has 1 aliphatic heterocycles. The first kappa shape index (κ1) is 32.7. The molecule has 0 aromatic heterocycles. The third-order valence-electron chi connectivity index (χ3n) is 5.95. The van der Waals surface area contributed by atoms with Crippen LogP contribution in [0.2, 0.25) is 5.02 Å². The molecule has 0 bridgehead atoms. The van der Waals surface area contributed by atoms with E-state index in [1.54, 1.807) is 11.8 Å². The summed E-state index contributed by atoms with van der Waals surface area (Å²) in [5.74, 6) is 0.236. The molecule has 2 aromatic rings. The van der Waals surface area contributed by atoms with Gasteiger partial charge in [-0.1, -0.05) is 24.6 Å². The van der Waals surface area contributed by atoms with Gasteiger partial charge in [0.05, 0.1) is 47.6 Å². The zero-order chi connectivity index (χ0) is 30.6. The fourth-order valence-electron chi connectivity index (χ4n) is 4.10. The van der Waals surface area contributed by atoms with E-state index in [1.165, 1.54) is 6.07 Å². The predicted molar refractivity (Wildman–Crippen MR) is 146 cm³/mol. The van der Waals surface area contributed by atoms with E-state index in [-0.39, 0.29) is 17.8 Å². The van der Waals surface area contributed by atoms with Crippen LogP contribution in [-0.2, 0) is 10.9 Å². The van der Waals surface area contributed by atoms with E-state index in [2.05, 4.69) is 14.6 Å². The molecule has 0 N–H and O–H groups in total. The number of hydrazone groups is 1. The van der Waals surface area contributed by atoms with E-state index in [1.807, 2.05) is 13.2 Å². The Morgan fingerprint density at radius 1 is 1.12 bits per heavy atom. The Morgan fingerprint density at radius 3 is 2.32 bits per heavy atom. The Bertz CT molecular complexity index is 1290. The van der Waals surface area contributed by atoms with Crippen molar-refractivity contribution >= 4 is 58.0 Å². The quantitative estimate of drug-likeness (QED) is 0.130. The lowest BCUT2D eigenvalue weighted by Gasteiger charge is -2.28. The van der Waals surface area contributed by atoms with Crippen LogP contribution in [0.5, 0.6) is 5.75 Å². The second-order valence-corrected chi connectivity index (χ2v) is 11.3. The van der Waals surface area contributed by atoms with Crippen molar-refractivity contribution in [2.75, 3.05) is 30.0 Å². The molecule has 0 radical (unpaired) electrons. The van der Waals surface area contributed by atoms with Crippen LogP contribution in [0.3, 0.4) is 0 Å². The maximum atomic E-state index is 13.7. The number of alkyl halides is 6. The van der Waals surface area contributed by atoms with E-state index >= 15 is 0 Å². The number of benzene rings is 2. The average molecular weight is 644 g/mol. The lowest BCUT2D eigenvalue weighted by Crippen LogP contribution is -2.40. The molecular weight excluding hydrogens is 620 g/mol. The summed E-state index contributed by atoms with van der Waals surface area (Å²) < 4.78 is 87.0. The smallest absolute Gasteiger partial charge is 0.460 e. The summed E-state index contributed by atoms with van der Waals surface area (Å²) in [5.41, 5.74) is -1.20. The molecule has 1 heterocycles. The van der Waals surface area contributed by atoms with Crippen LogP contribution in [0.25, 0.3) is 0 Å². The number of carbonyl (C=O) groups excluding carboxylic acids is 2. The SMILES string of the molecule is COC(=O)SN(C(=O)N1CC(C)(CCCSC)C(c2ccc(C(F)(F)F)c(Cl)c2)=N1)c1ccc(OC(F)(F)F)cc1. The van der Waals surface area contributed by atoms with Gasteiger partial charge in [-0.05, 0) is 66.8 Å². The number of amides is 2. The third kappa shape index (κ3) is 8.38. The van der Waals surface area contributed by atoms with Gasteiger partial charge in [0.1, 0.15) is 5.75 Å². The number of hydrogen-bond donors (Lipinski definition) is 0. The second-order valence-electron chi connectivity index (χ2n) is 9.02. The second kappa shape index (κ2) is 13.0. The minimum Gasteiger partial charge on any atom is -0.460 e. The molecule has 1 unspecified atom stereocenters. The highest BCUT2D eigenvalue weighted by Gasteiger charge is 2.43. The van der Waals surface area contributed by atoms with Gasteiger partial charge in [0.15, 0.2) is 0 Å². The fourth-order valence-corrected chi connectivity index (χ4v) is 5.44. The highest BCUT2D eigenvalue weighted by molar-refractivity contribution is 8.15. The summed E-state index contributed by atoms with van der Waals surface area (Å²) in [6.45, 7) is 1.81. The van der Waals surface area contributed by atoms with Crippen LogP contribution in [0.1, 0.15) is 30.9 Å². The maximum absolute atomic E-state index is 13.7. The molecule has 0 fully saturated rings. The number of anilines is 1. The molecule has 0 saturated carbocycles. The van der Waals surface area contributed by atoms with Crippen LogP contribution in [0.4, 0.5) is 41.6 Å². The van der Waals surface area contributed by atoms with Crippen LogP contribution in [-0.4, -0.2) is 54.1 Å². The molecule has 41 heavy (non-hydrogen) atoms. The molecule has 0 aliphatic carbocycles. The Morgan fingerprint density at radius 2 is 1.78 bits per heavy atom. The first-order valence-corrected chi connectivity index (χ1v) is 14.3. The molecule has 3 rings (SSSR count). The number of rotatable bonds is 7. The Labute approximate surface area is 245 Å². The maximum Gasteiger partial charge on any atom is 0.573 e. The number of hydrogen-bond acceptors (Lipinski definition) is 7. The molecule has 1 aliphatic rings. The molecule has 0 saturated heterocycles. The van der Waals surface area contributed by atoms with Crippen molar-refractivity contribution in [1.82, 2.24) is 5.01 Å². The normalized spacial score (nSPS) is 17.3. The van der Waals surface area contributed by atoms with Gasteiger partial charge in [0, 0.05) is 5.41 Å². The predicted octanol–water partition coefficient (Wildman–Crippen LogP) is 8.47. The topological polar surface area (TPSA) is 71.4 Å². The van der Waals surface area contributed by atoms with Gasteiger partial charge in [-0.3, -0.25) is 0 Å². The summed E-state index contributed by atoms with van der Waals surface area (Å²) in [7, 11) is 1.08. The monoisotopic (exact) mass is 643 g/mol. The van der Waals surface area contributed by atoms with Crippen molar-refractivity contribution in [2.45, 2.75) is 32.3 Å². The average Bonchev–Trinajstić information content (AvgIpc) is 3.23. The first-order valence-electron chi connectivity index (χ1n) is 11.8. The standard InChI is InChI=1S/C25H24ClF6N3O4S2/c1-23(11-4-12-40-3)14-34(33-20(23)15-5-10-18(19(26)13-15)24(27,28)29)21(36)35(41-22(37)38-2)16-6-8-17(9-7-16)39-25(30,31)32/h5-10,13H,4,11-12,14H2,1-3H3. The first-order chi connectivity index (χ1) is 19.1. The number of methoxy groups -OCH3 is 1. The van der Waals surface area contributed by atoms with Crippen LogP contribution in [0.15, 0.2) is 47.6 Å². The van der Waals surface area contributed by atoms with Crippen LogP contribution >= 0.6 is 35.3 Å². The van der Waals surface area contributed by atoms with Gasteiger partial charge >= 0.3 is 23.9 Å². The Kier molecular flexibility index (Phi) is 10.4. The summed E-state index contributed by atoms with van der Waals surface area (Å²) in [6.07, 6.45) is -6.45. The minimum absolute atomic E-state index is 0.00168. The molecule has 0 spiro atoms. The van der Waals surface area contributed by atoms with Crippen molar-refractivity contribution < 1.29 is 45.4 Å². The summed E-state index contributed by atoms with van der Waals surface area (Å²) in [6, 6.07) is 6.60. The van der Waals surface area contributed by atoms with Gasteiger partial charge in [-0.15, -0.1) is 13.2 Å². The van der Waals surface area contributed by atoms with Gasteiger partial charge in [0.25, 0.3) is 0 Å². The highest BCUT2D eigenvalue weighted by atomic mass is 35.5. The molecule has 16 heteroatoms. The zero-order valence-corrected chi connectivity index (χ0v) is 24.2. The fraction of sp³-hybridized carbons (Fsp3) is 0.400. The van der Waals surface area contributed by atoms with E-state index in [0.29, 0.717) is 30.5 Å². The van der Waals surface area contributed by atoms with Gasteiger partial charge in [-0.25, -0.2) is 18.9 Å². The van der Waals surface area contributed by atoms with Crippen molar-refractivity contribution in [2.24, 2.45) is 10.5 Å². The van der Waals surface area contributed by atoms with Crippen LogP contribution in [0, 0.1) is 5.41 Å². The lowest BCUT2D eigenvalue weighted by atomic mass is 9.78. The Balaban J connectivity index is 2.00. The molecule has 1 atom stereocenters. The highest BCUT2D eigenvalue weighted by Crippen LogP contribution is 2.41. The number of thioether (sulfide) groups is 1. The molecule has 2 aromatic carbocycles. The van der Waals surface area contributed by atoms with Crippen molar-refractivity contribution in [1.29, 1.82) is 0 Å². The van der Waals surface area contributed by atoms with E-state index in [9.17, 15) is 35.9 Å². The van der Waals surface area contributed by atoms with E-state index in [0.717, 1.165) is 58.6 Å². The lowest BCUT2D eigenvalue weighted by molar-refractivity contribution is -0.274. The number of nitrogens with zero attached hydrogens (tertiary/aromatic N) is 3. The Hall–Kier alpha value is -2.78. The third-order valence-corrected chi connectivity index (χ3v) is 7.82. The molecular formula is C25H24ClF6N3O4S2. The van der Waals surface area contributed by atoms with Gasteiger partial charge < -0.3 is 9.47 Å². The van der Waals surface area contributed by atoms with Crippen molar-refractivity contribution in [3.05, 3.63) is 58.6 Å². The van der Waals surface area contributed by atoms with Crippen molar-refractivity contribution in [3.8, 4) is 5.75 Å². The van der Waals surface area contributed by atoms with Crippen molar-refractivity contribution in [3.63, 3.8) is 0 Å². The van der Waals surface area contributed by atoms with E-state index < -0.39 is 45.6 Å². The minimum atomic E-state index is -4.93. The number of ether oxygens (including phenoxy) is 2. The number of carbonyl (C=O) groups is 2. The number of halogens is 7. The van der Waals surface area contributed by atoms with Gasteiger partial charge in [-0.2, -0.15) is 30.0 Å². The molecule has 2 amide bonds. The largest absolute Gasteiger partial charge is 0.573 e.